The number of carbonyl (C=O) groups is 1. The molecule has 0 saturated carbocycles. The highest BCUT2D eigenvalue weighted by Gasteiger charge is 2.36. The van der Waals surface area contributed by atoms with Crippen LogP contribution in [0.4, 0.5) is 19.0 Å². The lowest BCUT2D eigenvalue weighted by atomic mass is 10.1. The van der Waals surface area contributed by atoms with Crippen molar-refractivity contribution in [3.63, 3.8) is 0 Å². The van der Waals surface area contributed by atoms with Crippen molar-refractivity contribution in [3.8, 4) is 0 Å². The van der Waals surface area contributed by atoms with E-state index in [0.29, 0.717) is 5.69 Å². The highest BCUT2D eigenvalue weighted by atomic mass is 35.5. The van der Waals surface area contributed by atoms with Crippen molar-refractivity contribution in [2.45, 2.75) is 20.0 Å². The normalized spacial score (nSPS) is 11.4. The van der Waals surface area contributed by atoms with Crippen LogP contribution in [0.15, 0.2) is 30.3 Å². The summed E-state index contributed by atoms with van der Waals surface area (Å²) in [7, 11) is 0. The Hall–Kier alpha value is -2.08. The van der Waals surface area contributed by atoms with Gasteiger partial charge in [-0.15, -0.1) is 0 Å². The summed E-state index contributed by atoms with van der Waals surface area (Å²) in [6, 6.07) is 6.55. The zero-order valence-electron chi connectivity index (χ0n) is 11.8. The fourth-order valence-electron chi connectivity index (χ4n) is 2.08. The molecule has 0 spiro atoms. The van der Waals surface area contributed by atoms with Gasteiger partial charge in [0.1, 0.15) is 5.82 Å². The minimum Gasteiger partial charge on any atom is -0.306 e. The molecule has 0 unspecified atom stereocenters. The van der Waals surface area contributed by atoms with Crippen molar-refractivity contribution in [1.29, 1.82) is 0 Å². The Labute approximate surface area is 130 Å². The summed E-state index contributed by atoms with van der Waals surface area (Å²) in [5.41, 5.74) is -0.219. The van der Waals surface area contributed by atoms with Crippen molar-refractivity contribution < 1.29 is 18.0 Å². The van der Waals surface area contributed by atoms with Crippen molar-refractivity contribution in [3.05, 3.63) is 57.7 Å². The van der Waals surface area contributed by atoms with Crippen LogP contribution >= 0.6 is 11.6 Å². The summed E-state index contributed by atoms with van der Waals surface area (Å²) < 4.78 is 39.0. The van der Waals surface area contributed by atoms with E-state index in [2.05, 4.69) is 10.3 Å². The molecule has 0 bridgehead atoms. The molecule has 0 aliphatic carbocycles. The lowest BCUT2D eigenvalue weighted by molar-refractivity contribution is -0.137. The summed E-state index contributed by atoms with van der Waals surface area (Å²) in [4.78, 5) is 16.3. The number of amides is 1. The molecule has 7 heteroatoms. The van der Waals surface area contributed by atoms with Gasteiger partial charge < -0.3 is 5.32 Å². The Morgan fingerprint density at radius 3 is 2.50 bits per heavy atom. The van der Waals surface area contributed by atoms with Gasteiger partial charge >= 0.3 is 6.18 Å². The second kappa shape index (κ2) is 5.96. The first-order valence-corrected chi connectivity index (χ1v) is 6.68. The number of halogens is 4. The van der Waals surface area contributed by atoms with E-state index in [-0.39, 0.29) is 10.8 Å². The van der Waals surface area contributed by atoms with E-state index in [0.717, 1.165) is 17.7 Å². The first-order chi connectivity index (χ1) is 10.2. The summed E-state index contributed by atoms with van der Waals surface area (Å²) in [6.45, 7) is 3.51. The van der Waals surface area contributed by atoms with Crippen molar-refractivity contribution in [1.82, 2.24) is 4.98 Å². The summed E-state index contributed by atoms with van der Waals surface area (Å²) in [5, 5.41) is 2.09. The molecule has 2 aromatic rings. The standard InChI is InChI=1S/C15H12ClF3N2O/c1-8-6-9(2)20-12(7-8)21-14(22)13-10(15(17,18)19)4-3-5-11(13)16/h3-7H,1-2H3,(H,20,21,22). The molecule has 0 aliphatic rings. The predicted octanol–water partition coefficient (Wildman–Crippen LogP) is 4.62. The smallest absolute Gasteiger partial charge is 0.306 e. The fourth-order valence-corrected chi connectivity index (χ4v) is 2.34. The minimum absolute atomic E-state index is 0.176. The molecule has 22 heavy (non-hydrogen) atoms. The van der Waals surface area contributed by atoms with Crippen molar-refractivity contribution in [2.24, 2.45) is 0 Å². The van der Waals surface area contributed by atoms with Crippen LogP contribution in [0.1, 0.15) is 27.2 Å². The number of aryl methyl sites for hydroxylation is 2. The number of anilines is 1. The molecule has 0 aliphatic heterocycles. The van der Waals surface area contributed by atoms with Gasteiger partial charge in [0.05, 0.1) is 16.1 Å². The summed E-state index contributed by atoms with van der Waals surface area (Å²) in [5.74, 6) is -0.772. The zero-order valence-corrected chi connectivity index (χ0v) is 12.5. The molecule has 0 fully saturated rings. The van der Waals surface area contributed by atoms with E-state index in [1.54, 1.807) is 26.0 Å². The molecule has 3 nitrogen and oxygen atoms in total. The number of alkyl halides is 3. The third-order valence-corrected chi connectivity index (χ3v) is 3.20. The van der Waals surface area contributed by atoms with Gasteiger partial charge in [0, 0.05) is 5.69 Å². The molecule has 2 rings (SSSR count). The highest BCUT2D eigenvalue weighted by Crippen LogP contribution is 2.35. The quantitative estimate of drug-likeness (QED) is 0.873. The van der Waals surface area contributed by atoms with Crippen molar-refractivity contribution in [2.75, 3.05) is 5.32 Å². The van der Waals surface area contributed by atoms with E-state index in [9.17, 15) is 18.0 Å². The second-order valence-corrected chi connectivity index (χ2v) is 5.19. The molecule has 1 N–H and O–H groups in total. The van der Waals surface area contributed by atoms with Gasteiger partial charge in [-0.3, -0.25) is 4.79 Å². The molecule has 0 radical (unpaired) electrons. The van der Waals surface area contributed by atoms with Crippen molar-refractivity contribution >= 4 is 23.3 Å². The van der Waals surface area contributed by atoms with Crippen LogP contribution in [0.25, 0.3) is 0 Å². The average molecular weight is 329 g/mol. The van der Waals surface area contributed by atoms with Crippen LogP contribution in [0.5, 0.6) is 0 Å². The first-order valence-electron chi connectivity index (χ1n) is 6.31. The maximum atomic E-state index is 13.0. The molecule has 0 atom stereocenters. The molecule has 1 amide bonds. The van der Waals surface area contributed by atoms with Crippen LogP contribution in [-0.4, -0.2) is 10.9 Å². The van der Waals surface area contributed by atoms with Gasteiger partial charge in [-0.2, -0.15) is 13.2 Å². The number of hydrogen-bond donors (Lipinski definition) is 1. The zero-order chi connectivity index (χ0) is 16.5. The average Bonchev–Trinajstić information content (AvgIpc) is 2.35. The number of hydrogen-bond acceptors (Lipinski definition) is 2. The Morgan fingerprint density at radius 1 is 1.23 bits per heavy atom. The topological polar surface area (TPSA) is 42.0 Å². The van der Waals surface area contributed by atoms with Crippen LogP contribution in [0, 0.1) is 13.8 Å². The van der Waals surface area contributed by atoms with Gasteiger partial charge in [-0.05, 0) is 43.7 Å². The van der Waals surface area contributed by atoms with Crippen LogP contribution in [-0.2, 0) is 6.18 Å². The van der Waals surface area contributed by atoms with Crippen LogP contribution in [0.3, 0.4) is 0 Å². The van der Waals surface area contributed by atoms with E-state index in [1.807, 2.05) is 0 Å². The number of nitrogens with zero attached hydrogens (tertiary/aromatic N) is 1. The van der Waals surface area contributed by atoms with Crippen LogP contribution in [0.2, 0.25) is 5.02 Å². The lowest BCUT2D eigenvalue weighted by Gasteiger charge is -2.14. The molecule has 116 valence electrons. The van der Waals surface area contributed by atoms with Gasteiger partial charge in [0.2, 0.25) is 0 Å². The number of carbonyl (C=O) groups excluding carboxylic acids is 1. The number of benzene rings is 1. The molecule has 0 saturated heterocycles. The fraction of sp³-hybridized carbons (Fsp3) is 0.200. The minimum atomic E-state index is -4.67. The Balaban J connectivity index is 2.42. The first kappa shape index (κ1) is 16.3. The number of aromatic nitrogens is 1. The van der Waals surface area contributed by atoms with Gasteiger partial charge in [-0.1, -0.05) is 17.7 Å². The Kier molecular flexibility index (Phi) is 4.42. The second-order valence-electron chi connectivity index (χ2n) is 4.79. The van der Waals surface area contributed by atoms with E-state index >= 15 is 0 Å². The predicted molar refractivity (Wildman–Crippen MR) is 78.1 cm³/mol. The highest BCUT2D eigenvalue weighted by molar-refractivity contribution is 6.34. The van der Waals surface area contributed by atoms with E-state index < -0.39 is 23.2 Å². The van der Waals surface area contributed by atoms with Gasteiger partial charge in [0.15, 0.2) is 0 Å². The van der Waals surface area contributed by atoms with Gasteiger partial charge in [0.25, 0.3) is 5.91 Å². The monoisotopic (exact) mass is 328 g/mol. The number of nitrogens with one attached hydrogen (secondary N) is 1. The third-order valence-electron chi connectivity index (χ3n) is 2.89. The molecule has 1 aromatic heterocycles. The Bertz CT molecular complexity index is 709. The van der Waals surface area contributed by atoms with E-state index in [4.69, 9.17) is 11.6 Å². The van der Waals surface area contributed by atoms with Crippen LogP contribution < -0.4 is 5.32 Å². The summed E-state index contributed by atoms with van der Waals surface area (Å²) in [6.07, 6.45) is -4.67. The maximum absolute atomic E-state index is 13.0. The third kappa shape index (κ3) is 3.57. The molecular weight excluding hydrogens is 317 g/mol. The van der Waals surface area contributed by atoms with E-state index in [1.165, 1.54) is 6.07 Å². The number of rotatable bonds is 2. The lowest BCUT2D eigenvalue weighted by Crippen LogP contribution is -2.20. The summed E-state index contributed by atoms with van der Waals surface area (Å²) >= 11 is 5.78. The number of pyridine rings is 1. The molecular formula is C15H12ClF3N2O. The van der Waals surface area contributed by atoms with Gasteiger partial charge in [-0.25, -0.2) is 4.98 Å². The molecule has 1 heterocycles. The molecule has 1 aromatic carbocycles. The largest absolute Gasteiger partial charge is 0.417 e. The Morgan fingerprint density at radius 2 is 1.91 bits per heavy atom. The maximum Gasteiger partial charge on any atom is 0.417 e. The SMILES string of the molecule is Cc1cc(C)nc(NC(=O)c2c(Cl)cccc2C(F)(F)F)c1.